The van der Waals surface area contributed by atoms with Gasteiger partial charge >= 0.3 is 0 Å². The number of anilines is 3. The molecule has 0 aliphatic carbocycles. The van der Waals surface area contributed by atoms with Crippen LogP contribution < -0.4 is 50.4 Å². The van der Waals surface area contributed by atoms with Gasteiger partial charge in [0.05, 0.1) is 39.1 Å². The van der Waals surface area contributed by atoms with Crippen LogP contribution in [0.4, 0.5) is 48.2 Å². The first-order chi connectivity index (χ1) is 48.9. The number of nitrogens with two attached hydrogens (primary N) is 6. The summed E-state index contributed by atoms with van der Waals surface area (Å²) >= 11 is 0. The summed E-state index contributed by atoms with van der Waals surface area (Å²) in [7, 11) is 0. The molecule has 103 heavy (non-hydrogen) atoms. The number of primary amides is 3. The molecule has 3 fully saturated rings. The number of hydrogen-bond donors (Lipinski definition) is 9. The first-order valence-electron chi connectivity index (χ1n) is 32.3. The van der Waals surface area contributed by atoms with E-state index in [1.807, 2.05) is 38.1 Å². The lowest BCUT2D eigenvalue weighted by Gasteiger charge is -2.31. The van der Waals surface area contributed by atoms with Crippen molar-refractivity contribution >= 4 is 52.9 Å². The first kappa shape index (κ1) is 74.3. The minimum atomic E-state index is -3.12. The standard InChI is InChI=1S/C24H24F3N5O3.2C24H25F2N5O3/c1-13-2-7-16(25)10-17(13)23(34)30-11-14-3-5-15(6-4-14)20-19(22(29)33)21(28)32(31-20)18-12-35-9-8-24(18,26)27;1-14-4-2-3-5-18(14)23(33)29-11-15-6-8-16(9-7-15)20-19(22(28)32)21(27)31(30-20)17-10-24(25,26)13-34-12-17;1-14-4-2-3-5-17(14)23(33)29-12-15-6-8-16(9-7-15)20-19(22(28)32)21(27)31(30-20)18-13-34-11-10-24(18,25)26/h2-7,10,18H,8-9,11-12,28H2,1H3,(H2,29,33)(H,30,34);2-9,17H,10-13,27H2,1H3,(H2,28,32)(H,29,33);2-9,18H,10-13,27H2,1H3,(H2,28,32)(H,29,33). The number of halogens is 7. The Balaban J connectivity index is 0.000000166. The van der Waals surface area contributed by atoms with Crippen LogP contribution in [-0.2, 0) is 33.8 Å². The van der Waals surface area contributed by atoms with Crippen molar-refractivity contribution in [2.45, 2.75) is 95.6 Å². The predicted molar refractivity (Wildman–Crippen MR) is 367 cm³/mol. The third-order valence-corrected chi connectivity index (χ3v) is 17.6. The van der Waals surface area contributed by atoms with Crippen molar-refractivity contribution in [3.63, 3.8) is 0 Å². The van der Waals surface area contributed by atoms with Crippen LogP contribution in [0.25, 0.3) is 33.8 Å². The molecule has 6 aromatic carbocycles. The van der Waals surface area contributed by atoms with E-state index in [1.165, 1.54) is 22.9 Å². The monoisotopic (exact) mass is 1430 g/mol. The van der Waals surface area contributed by atoms with Gasteiger partial charge in [-0.25, -0.2) is 44.8 Å². The van der Waals surface area contributed by atoms with Crippen LogP contribution in [0.5, 0.6) is 0 Å². The highest BCUT2D eigenvalue weighted by atomic mass is 19.3. The molecule has 3 aromatic heterocycles. The van der Waals surface area contributed by atoms with Crippen LogP contribution in [0.1, 0.15) is 133 Å². The summed E-state index contributed by atoms with van der Waals surface area (Å²) in [5, 5.41) is 21.2. The van der Waals surface area contributed by atoms with E-state index in [1.54, 1.807) is 104 Å². The van der Waals surface area contributed by atoms with Crippen molar-refractivity contribution in [1.29, 1.82) is 0 Å². The van der Waals surface area contributed by atoms with Gasteiger partial charge in [-0.15, -0.1) is 0 Å². The molecular formula is C72H74F7N15O9. The summed E-state index contributed by atoms with van der Waals surface area (Å²) in [6.07, 6.45) is -1.47. The number of hydrogen-bond acceptors (Lipinski definition) is 15. The van der Waals surface area contributed by atoms with Crippen molar-refractivity contribution in [2.75, 3.05) is 56.8 Å². The van der Waals surface area contributed by atoms with Gasteiger partial charge < -0.3 is 64.6 Å². The Hall–Kier alpha value is -11.4. The van der Waals surface area contributed by atoms with E-state index in [0.29, 0.717) is 45.5 Å². The lowest BCUT2D eigenvalue weighted by molar-refractivity contribution is -0.136. The minimum Gasteiger partial charge on any atom is -0.383 e. The Kier molecular flexibility index (Phi) is 22.5. The normalized spacial score (nSPS) is 17.3. The molecule has 6 amide bonds. The van der Waals surface area contributed by atoms with E-state index in [2.05, 4.69) is 31.2 Å². The average molecular weight is 1430 g/mol. The van der Waals surface area contributed by atoms with Crippen LogP contribution in [0.2, 0.25) is 0 Å². The van der Waals surface area contributed by atoms with Crippen LogP contribution in [0.3, 0.4) is 0 Å². The number of rotatable bonds is 18. The van der Waals surface area contributed by atoms with Gasteiger partial charge in [-0.2, -0.15) is 15.3 Å². The maximum absolute atomic E-state index is 14.5. The van der Waals surface area contributed by atoms with Crippen LogP contribution in [0.15, 0.2) is 140 Å². The maximum Gasteiger partial charge on any atom is 0.274 e. The number of aryl methyl sites for hydroxylation is 3. The summed E-state index contributed by atoms with van der Waals surface area (Å²) < 4.78 is 118. The third kappa shape index (κ3) is 17.0. The van der Waals surface area contributed by atoms with Gasteiger partial charge in [-0.3, -0.25) is 28.8 Å². The number of alkyl halides is 6. The van der Waals surface area contributed by atoms with Crippen LogP contribution >= 0.6 is 0 Å². The lowest BCUT2D eigenvalue weighted by atomic mass is 10.0. The third-order valence-electron chi connectivity index (χ3n) is 17.6. The zero-order chi connectivity index (χ0) is 74.2. The fourth-order valence-corrected chi connectivity index (χ4v) is 11.9. The average Bonchev–Trinajstić information content (AvgIpc) is 1.63. The number of nitrogens with one attached hydrogen (secondary N) is 3. The van der Waals surface area contributed by atoms with E-state index in [-0.39, 0.29) is 115 Å². The van der Waals surface area contributed by atoms with Gasteiger partial charge in [0.1, 0.15) is 75.7 Å². The van der Waals surface area contributed by atoms with Crippen LogP contribution in [-0.4, -0.2) is 122 Å². The minimum absolute atomic E-state index is 0.00135. The zero-order valence-corrected chi connectivity index (χ0v) is 56.0. The Morgan fingerprint density at radius 2 is 0.816 bits per heavy atom. The lowest BCUT2D eigenvalue weighted by Crippen LogP contribution is -2.40. The smallest absolute Gasteiger partial charge is 0.274 e. The second-order valence-electron chi connectivity index (χ2n) is 24.9. The van der Waals surface area contributed by atoms with Gasteiger partial charge in [-0.1, -0.05) is 115 Å². The molecule has 0 saturated carbocycles. The van der Waals surface area contributed by atoms with E-state index < -0.39 is 91.2 Å². The highest BCUT2D eigenvalue weighted by molar-refractivity contribution is 6.05. The molecule has 12 rings (SSSR count). The Morgan fingerprint density at radius 1 is 0.466 bits per heavy atom. The zero-order valence-electron chi connectivity index (χ0n) is 56.0. The molecule has 15 N–H and O–H groups in total. The molecule has 31 heteroatoms. The molecule has 6 heterocycles. The van der Waals surface area contributed by atoms with Crippen molar-refractivity contribution in [3.05, 3.63) is 212 Å². The quantitative estimate of drug-likeness (QED) is 0.0361. The number of aromatic nitrogens is 6. The van der Waals surface area contributed by atoms with E-state index >= 15 is 0 Å². The molecule has 3 aliphatic heterocycles. The second-order valence-corrected chi connectivity index (χ2v) is 24.9. The van der Waals surface area contributed by atoms with Gasteiger partial charge in [0.25, 0.3) is 53.2 Å². The SMILES string of the molecule is Cc1ccc(F)cc1C(=O)NCc1ccc(-c2nn(C3COCCC3(F)F)c(N)c2C(N)=O)cc1.Cc1ccccc1C(=O)NCc1ccc(-c2nn(C3COCC(F)(F)C3)c(N)c2C(N)=O)cc1.Cc1ccccc1C(=O)NCc1ccc(-c2nn(C3COCCC3(F)F)c(N)c2C(N)=O)cc1. The van der Waals surface area contributed by atoms with Gasteiger partial charge in [-0.05, 0) is 78.4 Å². The number of benzene rings is 6. The molecule has 540 valence electrons. The number of ether oxygens (including phenoxy) is 3. The number of carbonyl (C=O) groups excluding carboxylic acids is 6. The Morgan fingerprint density at radius 3 is 1.17 bits per heavy atom. The summed E-state index contributed by atoms with van der Waals surface area (Å²) in [5.74, 6) is -13.7. The van der Waals surface area contributed by atoms with E-state index in [0.717, 1.165) is 31.6 Å². The fourth-order valence-electron chi connectivity index (χ4n) is 11.9. The molecule has 0 bridgehead atoms. The molecule has 3 aliphatic rings. The fraction of sp³-hybridized carbons (Fsp3) is 0.292. The molecule has 0 radical (unpaired) electrons. The molecule has 3 saturated heterocycles. The Bertz CT molecular complexity index is 4640. The molecular weight excluding hydrogens is 1350 g/mol. The topological polar surface area (TPSA) is 376 Å². The van der Waals surface area contributed by atoms with Crippen molar-refractivity contribution in [3.8, 4) is 33.8 Å². The molecule has 24 nitrogen and oxygen atoms in total. The van der Waals surface area contributed by atoms with Gasteiger partial charge in [0.2, 0.25) is 0 Å². The molecule has 0 spiro atoms. The largest absolute Gasteiger partial charge is 0.383 e. The summed E-state index contributed by atoms with van der Waals surface area (Å²) in [5.41, 5.74) is 42.3. The number of nitrogens with zero attached hydrogens (tertiary/aromatic N) is 6. The van der Waals surface area contributed by atoms with Crippen molar-refractivity contribution in [2.24, 2.45) is 17.2 Å². The number of nitrogen functional groups attached to an aromatic ring is 3. The highest BCUT2D eigenvalue weighted by Gasteiger charge is 2.47. The number of carbonyl (C=O) groups is 6. The molecule has 9 aromatic rings. The van der Waals surface area contributed by atoms with Gasteiger partial charge in [0.15, 0.2) is 0 Å². The Labute approximate surface area is 585 Å². The molecule has 3 atom stereocenters. The molecule has 3 unspecified atom stereocenters. The highest BCUT2D eigenvalue weighted by Crippen LogP contribution is 2.42. The summed E-state index contributed by atoms with van der Waals surface area (Å²) in [6, 6.07) is 35.2. The van der Waals surface area contributed by atoms with E-state index in [4.69, 9.17) is 48.6 Å². The van der Waals surface area contributed by atoms with Crippen LogP contribution in [0, 0.1) is 26.6 Å². The first-order valence-corrected chi connectivity index (χ1v) is 32.3. The van der Waals surface area contributed by atoms with Gasteiger partial charge in [0, 0.05) is 72.3 Å². The second kappa shape index (κ2) is 31.2. The van der Waals surface area contributed by atoms with Crippen molar-refractivity contribution in [1.82, 2.24) is 45.3 Å². The predicted octanol–water partition coefficient (Wildman–Crippen LogP) is 9.34. The van der Waals surface area contributed by atoms with Crippen molar-refractivity contribution < 1.29 is 73.7 Å². The maximum atomic E-state index is 14.5. The summed E-state index contributed by atoms with van der Waals surface area (Å²) in [6.45, 7) is 4.75. The summed E-state index contributed by atoms with van der Waals surface area (Å²) in [4.78, 5) is 73.6. The number of amides is 6. The van der Waals surface area contributed by atoms with E-state index in [9.17, 15) is 59.5 Å².